The van der Waals surface area contributed by atoms with Gasteiger partial charge >= 0.3 is 6.09 Å². The Bertz CT molecular complexity index is 479. The number of hydrogen-bond donors (Lipinski definition) is 1. The molecule has 0 spiro atoms. The van der Waals surface area contributed by atoms with E-state index in [1.165, 1.54) is 4.90 Å². The van der Waals surface area contributed by atoms with Crippen molar-refractivity contribution in [3.63, 3.8) is 0 Å². The van der Waals surface area contributed by atoms with Gasteiger partial charge in [-0.05, 0) is 33.6 Å². The minimum absolute atomic E-state index is 0.160. The molecule has 2 rings (SSSR count). The Morgan fingerprint density at radius 3 is 2.75 bits per heavy atom. The molecule has 0 radical (unpaired) electrons. The largest absolute Gasteiger partial charge is 0.444 e. The van der Waals surface area contributed by atoms with Crippen molar-refractivity contribution in [2.24, 2.45) is 5.73 Å². The van der Waals surface area contributed by atoms with E-state index in [-0.39, 0.29) is 18.2 Å². The summed E-state index contributed by atoms with van der Waals surface area (Å²) in [6.07, 6.45) is 3.54. The van der Waals surface area contributed by atoms with Crippen molar-refractivity contribution in [1.29, 1.82) is 0 Å². The van der Waals surface area contributed by atoms with Crippen LogP contribution in [0.5, 0.6) is 0 Å². The van der Waals surface area contributed by atoms with Crippen molar-refractivity contribution in [1.82, 2.24) is 19.9 Å². The summed E-state index contributed by atoms with van der Waals surface area (Å²) >= 11 is 0. The lowest BCUT2D eigenvalue weighted by Gasteiger charge is -2.32. The first-order chi connectivity index (χ1) is 9.26. The second kappa shape index (κ2) is 5.40. The fourth-order valence-electron chi connectivity index (χ4n) is 2.03. The third-order valence-electron chi connectivity index (χ3n) is 3.29. The van der Waals surface area contributed by atoms with Gasteiger partial charge in [0.1, 0.15) is 11.3 Å². The normalized spacial score (nSPS) is 22.2. The van der Waals surface area contributed by atoms with E-state index in [0.29, 0.717) is 6.54 Å². The van der Waals surface area contributed by atoms with Crippen molar-refractivity contribution in [2.45, 2.75) is 57.8 Å². The molecule has 0 saturated heterocycles. The third kappa shape index (κ3) is 3.47. The molecule has 2 atom stereocenters. The molecule has 0 bridgehead atoms. The van der Waals surface area contributed by atoms with Gasteiger partial charge in [0.05, 0.1) is 18.8 Å². The predicted octanol–water partition coefficient (Wildman–Crippen LogP) is 1.31. The number of hydrogen-bond acceptors (Lipinski definition) is 5. The molecule has 1 amide bonds. The molecule has 1 aliphatic rings. The highest BCUT2D eigenvalue weighted by Crippen LogP contribution is 2.29. The summed E-state index contributed by atoms with van der Waals surface area (Å²) in [5.74, 6) is 0. The summed E-state index contributed by atoms with van der Waals surface area (Å²) in [4.78, 5) is 13.3. The van der Waals surface area contributed by atoms with E-state index >= 15 is 0 Å². The molecular weight excluding hydrogens is 258 g/mol. The number of amides is 1. The molecule has 1 fully saturated rings. The Labute approximate surface area is 119 Å². The van der Waals surface area contributed by atoms with E-state index in [4.69, 9.17) is 10.5 Å². The maximum Gasteiger partial charge on any atom is 0.410 e. The first-order valence-electron chi connectivity index (χ1n) is 6.86. The van der Waals surface area contributed by atoms with Crippen LogP contribution in [0, 0.1) is 0 Å². The van der Waals surface area contributed by atoms with Crippen molar-refractivity contribution < 1.29 is 9.53 Å². The zero-order chi connectivity index (χ0) is 14.9. The van der Waals surface area contributed by atoms with Crippen LogP contribution < -0.4 is 5.73 Å². The topological polar surface area (TPSA) is 86.3 Å². The van der Waals surface area contributed by atoms with Crippen LogP contribution in [0.3, 0.4) is 0 Å². The standard InChI is InChI=1S/C13H23N5O2/c1-13(2,3)20-12(19)17(4)7-9-8-18(16-15-9)11-6-5-10(11)14/h8,10-11H,5-7,14H2,1-4H3. The number of nitrogens with zero attached hydrogens (tertiary/aromatic N) is 4. The average Bonchev–Trinajstić information content (AvgIpc) is 2.72. The highest BCUT2D eigenvalue weighted by Gasteiger charge is 2.30. The van der Waals surface area contributed by atoms with E-state index in [1.807, 2.05) is 27.0 Å². The van der Waals surface area contributed by atoms with Crippen LogP contribution in [-0.4, -0.2) is 44.7 Å². The van der Waals surface area contributed by atoms with Crippen LogP contribution in [0.2, 0.25) is 0 Å². The maximum absolute atomic E-state index is 11.9. The minimum atomic E-state index is -0.498. The van der Waals surface area contributed by atoms with Gasteiger partial charge in [-0.1, -0.05) is 5.21 Å². The van der Waals surface area contributed by atoms with Crippen LogP contribution in [0.4, 0.5) is 4.79 Å². The Kier molecular flexibility index (Phi) is 3.99. The molecule has 112 valence electrons. The summed E-state index contributed by atoms with van der Waals surface area (Å²) in [5, 5.41) is 8.16. The van der Waals surface area contributed by atoms with Crippen molar-refractivity contribution in [2.75, 3.05) is 7.05 Å². The zero-order valence-electron chi connectivity index (χ0n) is 12.5. The number of ether oxygens (including phenoxy) is 1. The predicted molar refractivity (Wildman–Crippen MR) is 74.0 cm³/mol. The second-order valence-corrected chi connectivity index (χ2v) is 6.33. The summed E-state index contributed by atoms with van der Waals surface area (Å²) in [6.45, 7) is 5.89. The molecule has 1 heterocycles. The van der Waals surface area contributed by atoms with Gasteiger partial charge in [-0.25, -0.2) is 9.48 Å². The molecule has 2 N–H and O–H groups in total. The molecule has 0 aromatic carbocycles. The Balaban J connectivity index is 1.91. The highest BCUT2D eigenvalue weighted by molar-refractivity contribution is 5.67. The minimum Gasteiger partial charge on any atom is -0.444 e. The Morgan fingerprint density at radius 1 is 1.55 bits per heavy atom. The zero-order valence-corrected chi connectivity index (χ0v) is 12.5. The fraction of sp³-hybridized carbons (Fsp3) is 0.769. The first-order valence-corrected chi connectivity index (χ1v) is 6.86. The summed E-state index contributed by atoms with van der Waals surface area (Å²) in [7, 11) is 1.68. The first kappa shape index (κ1) is 14.8. The maximum atomic E-state index is 11.9. The summed E-state index contributed by atoms with van der Waals surface area (Å²) in [5.41, 5.74) is 6.15. The Morgan fingerprint density at radius 2 is 2.25 bits per heavy atom. The number of rotatable bonds is 3. The quantitative estimate of drug-likeness (QED) is 0.902. The van der Waals surface area contributed by atoms with E-state index in [9.17, 15) is 4.79 Å². The van der Waals surface area contributed by atoms with Gasteiger partial charge in [0.25, 0.3) is 0 Å². The second-order valence-electron chi connectivity index (χ2n) is 6.33. The number of nitrogens with two attached hydrogens (primary N) is 1. The molecule has 1 aromatic heterocycles. The molecule has 1 saturated carbocycles. The van der Waals surface area contributed by atoms with Crippen LogP contribution in [0.25, 0.3) is 0 Å². The number of aromatic nitrogens is 3. The lowest BCUT2D eigenvalue weighted by molar-refractivity contribution is 0.0283. The van der Waals surface area contributed by atoms with Gasteiger partial charge in [0, 0.05) is 13.1 Å². The summed E-state index contributed by atoms with van der Waals surface area (Å²) in [6, 6.07) is 0.399. The fourth-order valence-corrected chi connectivity index (χ4v) is 2.03. The molecule has 1 aromatic rings. The van der Waals surface area contributed by atoms with E-state index in [2.05, 4.69) is 10.3 Å². The van der Waals surface area contributed by atoms with Gasteiger partial charge in [-0.3, -0.25) is 0 Å². The number of carbonyl (C=O) groups is 1. The lowest BCUT2D eigenvalue weighted by atomic mass is 9.87. The van der Waals surface area contributed by atoms with Crippen LogP contribution in [0.1, 0.15) is 45.3 Å². The average molecular weight is 281 g/mol. The van der Waals surface area contributed by atoms with Gasteiger partial charge in [0.2, 0.25) is 0 Å². The van der Waals surface area contributed by atoms with Crippen molar-refractivity contribution >= 4 is 6.09 Å². The van der Waals surface area contributed by atoms with Crippen LogP contribution >= 0.6 is 0 Å². The van der Waals surface area contributed by atoms with E-state index < -0.39 is 5.60 Å². The molecular formula is C13H23N5O2. The molecule has 7 heteroatoms. The Hall–Kier alpha value is -1.63. The van der Waals surface area contributed by atoms with Gasteiger partial charge < -0.3 is 15.4 Å². The van der Waals surface area contributed by atoms with E-state index in [1.54, 1.807) is 11.7 Å². The third-order valence-corrected chi connectivity index (χ3v) is 3.29. The monoisotopic (exact) mass is 281 g/mol. The van der Waals surface area contributed by atoms with E-state index in [0.717, 1.165) is 18.5 Å². The van der Waals surface area contributed by atoms with Crippen molar-refractivity contribution in [3.8, 4) is 0 Å². The molecule has 2 unspecified atom stereocenters. The molecule has 20 heavy (non-hydrogen) atoms. The number of carbonyl (C=O) groups excluding carboxylic acids is 1. The van der Waals surface area contributed by atoms with Crippen LogP contribution in [-0.2, 0) is 11.3 Å². The molecule has 0 aliphatic heterocycles. The summed E-state index contributed by atoms with van der Waals surface area (Å²) < 4.78 is 7.09. The molecule has 1 aliphatic carbocycles. The smallest absolute Gasteiger partial charge is 0.410 e. The van der Waals surface area contributed by atoms with Gasteiger partial charge in [-0.15, -0.1) is 5.10 Å². The SMILES string of the molecule is CN(Cc1cn(C2CCC2N)nn1)C(=O)OC(C)(C)C. The highest BCUT2D eigenvalue weighted by atomic mass is 16.6. The van der Waals surface area contributed by atoms with Gasteiger partial charge in [0.15, 0.2) is 0 Å². The van der Waals surface area contributed by atoms with Crippen molar-refractivity contribution in [3.05, 3.63) is 11.9 Å². The molecule has 7 nitrogen and oxygen atoms in total. The lowest BCUT2D eigenvalue weighted by Crippen LogP contribution is -2.41. The van der Waals surface area contributed by atoms with Gasteiger partial charge in [-0.2, -0.15) is 0 Å². The van der Waals surface area contributed by atoms with Crippen LogP contribution in [0.15, 0.2) is 6.20 Å².